The smallest absolute Gasteiger partial charge is 0.196 e. The van der Waals surface area contributed by atoms with E-state index in [2.05, 4.69) is 13.8 Å². The number of hydrogen-bond donors (Lipinski definition) is 1. The Bertz CT molecular complexity index is 781. The number of carbonyl (C=O) groups is 1. The molecular formula is C22H22F2NO+. The van der Waals surface area contributed by atoms with Gasteiger partial charge in [0.15, 0.2) is 5.78 Å². The van der Waals surface area contributed by atoms with Crippen LogP contribution in [-0.4, -0.2) is 24.9 Å². The molecule has 0 aliphatic carbocycles. The average molecular weight is 354 g/mol. The summed E-state index contributed by atoms with van der Waals surface area (Å²) in [5.41, 5.74) is 3.03. The summed E-state index contributed by atoms with van der Waals surface area (Å²) in [5.74, 6) is -0.593. The highest BCUT2D eigenvalue weighted by molar-refractivity contribution is 6.14. The van der Waals surface area contributed by atoms with E-state index in [1.807, 2.05) is 12.2 Å². The first-order valence-electron chi connectivity index (χ1n) is 8.74. The number of carbonyl (C=O) groups excluding carboxylic acids is 1. The summed E-state index contributed by atoms with van der Waals surface area (Å²) in [7, 11) is 0. The van der Waals surface area contributed by atoms with E-state index in [1.54, 1.807) is 24.3 Å². The number of rotatable bonds is 3. The fraction of sp³-hybridized carbons (Fsp3) is 0.227. The third-order valence-corrected chi connectivity index (χ3v) is 4.66. The highest BCUT2D eigenvalue weighted by atomic mass is 19.1. The van der Waals surface area contributed by atoms with Crippen molar-refractivity contribution >= 4 is 17.9 Å². The molecule has 1 N–H and O–H groups in total. The number of nitrogens with one attached hydrogen (secondary N) is 1. The van der Waals surface area contributed by atoms with Crippen LogP contribution < -0.4 is 4.90 Å². The van der Waals surface area contributed by atoms with Crippen molar-refractivity contribution in [2.75, 3.05) is 13.1 Å². The van der Waals surface area contributed by atoms with Gasteiger partial charge in [-0.05, 0) is 61.4 Å². The minimum Gasteiger partial charge on any atom is -0.325 e. The maximum absolute atomic E-state index is 13.1. The Morgan fingerprint density at radius 2 is 1.19 bits per heavy atom. The van der Waals surface area contributed by atoms with Crippen LogP contribution in [0.25, 0.3) is 12.2 Å². The molecule has 1 aliphatic heterocycles. The van der Waals surface area contributed by atoms with Gasteiger partial charge in [0.25, 0.3) is 0 Å². The molecule has 26 heavy (non-hydrogen) atoms. The van der Waals surface area contributed by atoms with Crippen molar-refractivity contribution in [2.45, 2.75) is 19.9 Å². The normalized spacial score (nSPS) is 21.0. The van der Waals surface area contributed by atoms with Crippen molar-refractivity contribution in [1.29, 1.82) is 0 Å². The van der Waals surface area contributed by atoms with Crippen LogP contribution >= 0.6 is 0 Å². The lowest BCUT2D eigenvalue weighted by molar-refractivity contribution is -0.912. The van der Waals surface area contributed by atoms with Crippen molar-refractivity contribution in [3.63, 3.8) is 0 Å². The van der Waals surface area contributed by atoms with Gasteiger partial charge < -0.3 is 4.90 Å². The van der Waals surface area contributed by atoms with Crippen LogP contribution in [0.4, 0.5) is 8.78 Å². The minimum absolute atomic E-state index is 0.00282. The molecule has 1 aliphatic rings. The molecule has 4 heteroatoms. The molecule has 0 spiro atoms. The van der Waals surface area contributed by atoms with Crippen LogP contribution in [0.2, 0.25) is 0 Å². The quantitative estimate of drug-likeness (QED) is 0.839. The van der Waals surface area contributed by atoms with Crippen molar-refractivity contribution in [1.82, 2.24) is 0 Å². The van der Waals surface area contributed by atoms with Crippen molar-refractivity contribution < 1.29 is 18.5 Å². The predicted octanol–water partition coefficient (Wildman–Crippen LogP) is 3.31. The topological polar surface area (TPSA) is 21.5 Å². The molecule has 2 aromatic carbocycles. The Morgan fingerprint density at radius 1 is 0.808 bits per heavy atom. The van der Waals surface area contributed by atoms with E-state index in [0.717, 1.165) is 11.1 Å². The number of halogens is 2. The zero-order valence-corrected chi connectivity index (χ0v) is 14.9. The van der Waals surface area contributed by atoms with Gasteiger partial charge in [0.2, 0.25) is 0 Å². The predicted molar refractivity (Wildman–Crippen MR) is 99.6 cm³/mol. The Kier molecular flexibility index (Phi) is 5.43. The lowest BCUT2D eigenvalue weighted by atomic mass is 9.93. The van der Waals surface area contributed by atoms with Gasteiger partial charge in [0.1, 0.15) is 24.7 Å². The fourth-order valence-electron chi connectivity index (χ4n) is 3.08. The van der Waals surface area contributed by atoms with Crippen LogP contribution in [0.1, 0.15) is 25.0 Å². The highest BCUT2D eigenvalue weighted by Gasteiger charge is 2.30. The summed E-state index contributed by atoms with van der Waals surface area (Å²) in [6.07, 6.45) is 3.67. The Morgan fingerprint density at radius 3 is 1.54 bits per heavy atom. The van der Waals surface area contributed by atoms with Gasteiger partial charge in [-0.2, -0.15) is 0 Å². The van der Waals surface area contributed by atoms with E-state index in [0.29, 0.717) is 30.3 Å². The van der Waals surface area contributed by atoms with Crippen LogP contribution in [0.3, 0.4) is 0 Å². The Labute approximate surface area is 152 Å². The molecule has 1 unspecified atom stereocenters. The molecule has 134 valence electrons. The molecule has 1 fully saturated rings. The van der Waals surface area contributed by atoms with E-state index in [1.165, 1.54) is 29.2 Å². The molecule has 0 bridgehead atoms. The van der Waals surface area contributed by atoms with Crippen LogP contribution in [-0.2, 0) is 4.79 Å². The van der Waals surface area contributed by atoms with E-state index in [-0.39, 0.29) is 17.4 Å². The molecule has 1 heterocycles. The second-order valence-corrected chi connectivity index (χ2v) is 6.94. The summed E-state index contributed by atoms with van der Waals surface area (Å²) >= 11 is 0. The maximum atomic E-state index is 13.1. The van der Waals surface area contributed by atoms with Gasteiger partial charge in [-0.15, -0.1) is 0 Å². The van der Waals surface area contributed by atoms with Gasteiger partial charge in [-0.1, -0.05) is 24.3 Å². The summed E-state index contributed by atoms with van der Waals surface area (Å²) in [4.78, 5) is 14.2. The molecule has 0 aromatic heterocycles. The van der Waals surface area contributed by atoms with Gasteiger partial charge in [0.05, 0.1) is 17.2 Å². The SMILES string of the molecule is CC(C)[NH+]1CC(=Cc2ccc(F)cc2)C(=O)/C(=C\c2ccc(F)cc2)C1. The maximum Gasteiger partial charge on any atom is 0.196 e. The van der Waals surface area contributed by atoms with E-state index < -0.39 is 0 Å². The standard InChI is InChI=1S/C22H21F2NO/c1-15(2)25-13-18(11-16-3-7-20(23)8-4-16)22(26)19(14-25)12-17-5-9-21(24)10-6-17/h3-12,15H,13-14H2,1-2H3/p+1/b18-11-,19-12?. The molecule has 1 atom stereocenters. The number of Topliss-reactive ketones (excluding diaryl/α,β-unsaturated/α-hetero) is 1. The fourth-order valence-corrected chi connectivity index (χ4v) is 3.08. The summed E-state index contributed by atoms with van der Waals surface area (Å²) in [6, 6.07) is 12.6. The summed E-state index contributed by atoms with van der Waals surface area (Å²) in [6.45, 7) is 5.51. The number of ketones is 1. The molecule has 3 rings (SSSR count). The monoisotopic (exact) mass is 354 g/mol. The Hall–Kier alpha value is -2.59. The summed E-state index contributed by atoms with van der Waals surface area (Å²) in [5, 5.41) is 0. The van der Waals surface area contributed by atoms with Gasteiger partial charge >= 0.3 is 0 Å². The van der Waals surface area contributed by atoms with Gasteiger partial charge in [-0.3, -0.25) is 4.79 Å². The largest absolute Gasteiger partial charge is 0.325 e. The van der Waals surface area contributed by atoms with Gasteiger partial charge in [-0.25, -0.2) is 8.78 Å². The van der Waals surface area contributed by atoms with E-state index >= 15 is 0 Å². The lowest BCUT2D eigenvalue weighted by Gasteiger charge is -2.29. The van der Waals surface area contributed by atoms with E-state index in [4.69, 9.17) is 0 Å². The zero-order chi connectivity index (χ0) is 18.7. The highest BCUT2D eigenvalue weighted by Crippen LogP contribution is 2.17. The third-order valence-electron chi connectivity index (χ3n) is 4.66. The first kappa shape index (κ1) is 18.2. The summed E-state index contributed by atoms with van der Waals surface area (Å²) < 4.78 is 26.2. The first-order chi connectivity index (χ1) is 12.4. The molecule has 1 saturated heterocycles. The number of likely N-dealkylation sites (tertiary alicyclic amines) is 1. The molecule has 2 aromatic rings. The lowest BCUT2D eigenvalue weighted by Crippen LogP contribution is -3.16. The van der Waals surface area contributed by atoms with E-state index in [9.17, 15) is 13.6 Å². The number of hydrogen-bond acceptors (Lipinski definition) is 1. The second-order valence-electron chi connectivity index (χ2n) is 6.94. The molecule has 0 amide bonds. The minimum atomic E-state index is -0.298. The second kappa shape index (κ2) is 7.75. The average Bonchev–Trinajstić information content (AvgIpc) is 2.62. The van der Waals surface area contributed by atoms with Gasteiger partial charge in [0, 0.05) is 0 Å². The number of benzene rings is 2. The molecule has 0 saturated carbocycles. The third kappa shape index (κ3) is 4.33. The van der Waals surface area contributed by atoms with Crippen molar-refractivity contribution in [2.24, 2.45) is 0 Å². The van der Waals surface area contributed by atoms with Crippen molar-refractivity contribution in [3.05, 3.63) is 82.4 Å². The zero-order valence-electron chi connectivity index (χ0n) is 14.9. The van der Waals surface area contributed by atoms with Crippen LogP contribution in [0.5, 0.6) is 0 Å². The molecule has 0 radical (unpaired) electrons. The van der Waals surface area contributed by atoms with Crippen LogP contribution in [0.15, 0.2) is 59.7 Å². The van der Waals surface area contributed by atoms with Crippen molar-refractivity contribution in [3.8, 4) is 0 Å². The number of piperidine rings is 1. The number of quaternary nitrogens is 1. The first-order valence-corrected chi connectivity index (χ1v) is 8.74. The molecular weight excluding hydrogens is 332 g/mol. The van der Waals surface area contributed by atoms with Crippen LogP contribution in [0, 0.1) is 11.6 Å². The Balaban J connectivity index is 1.95. The molecule has 2 nitrogen and oxygen atoms in total.